The van der Waals surface area contributed by atoms with Crippen molar-refractivity contribution in [3.8, 4) is 6.07 Å². The number of ether oxygens (including phenoxy) is 1. The number of nitriles is 1. The lowest BCUT2D eigenvalue weighted by Gasteiger charge is -2.20. The molecular weight excluding hydrogens is 392 g/mol. The molecule has 1 heterocycles. The third-order valence-corrected chi connectivity index (χ3v) is 5.08. The molecule has 0 saturated carbocycles. The van der Waals surface area contributed by atoms with Crippen molar-refractivity contribution in [3.63, 3.8) is 0 Å². The van der Waals surface area contributed by atoms with Gasteiger partial charge in [-0.1, -0.05) is 48.5 Å². The smallest absolute Gasteiger partial charge is 0.339 e. The van der Waals surface area contributed by atoms with Crippen LogP contribution in [0.3, 0.4) is 0 Å². The van der Waals surface area contributed by atoms with Crippen LogP contribution >= 0.6 is 0 Å². The molecule has 31 heavy (non-hydrogen) atoms. The Bertz CT molecular complexity index is 1220. The normalized spacial score (nSPS) is 10.7. The van der Waals surface area contributed by atoms with Crippen LogP contribution in [0, 0.1) is 11.3 Å². The molecule has 6 nitrogen and oxygen atoms in total. The van der Waals surface area contributed by atoms with Crippen LogP contribution in [0.25, 0.3) is 21.5 Å². The number of benzene rings is 3. The van der Waals surface area contributed by atoms with Crippen molar-refractivity contribution in [1.82, 2.24) is 4.90 Å². The standard InChI is InChI=1S/C25H20N2O4/c26-12-6-13-27(16-20-9-5-14-30-20)23(28)17-31-25(29)24-21-10-3-1-7-18(21)15-19-8-2-4-11-22(19)24/h1-5,7-11,14-15H,6,13,16-17H2. The van der Waals surface area contributed by atoms with Gasteiger partial charge < -0.3 is 14.1 Å². The van der Waals surface area contributed by atoms with E-state index in [1.54, 1.807) is 12.1 Å². The van der Waals surface area contributed by atoms with E-state index in [2.05, 4.69) is 0 Å². The van der Waals surface area contributed by atoms with Gasteiger partial charge in [0.2, 0.25) is 0 Å². The van der Waals surface area contributed by atoms with Gasteiger partial charge in [-0.25, -0.2) is 4.79 Å². The summed E-state index contributed by atoms with van der Waals surface area (Å²) in [6, 6.07) is 22.7. The Morgan fingerprint density at radius 1 is 0.968 bits per heavy atom. The number of esters is 1. The van der Waals surface area contributed by atoms with E-state index in [1.807, 2.05) is 60.7 Å². The summed E-state index contributed by atoms with van der Waals surface area (Å²) in [6.45, 7) is 0.0234. The fourth-order valence-corrected chi connectivity index (χ4v) is 3.59. The first-order valence-corrected chi connectivity index (χ1v) is 9.92. The highest BCUT2D eigenvalue weighted by Gasteiger charge is 2.20. The van der Waals surface area contributed by atoms with Gasteiger partial charge >= 0.3 is 5.97 Å². The van der Waals surface area contributed by atoms with Crippen molar-refractivity contribution < 1.29 is 18.7 Å². The van der Waals surface area contributed by atoms with Gasteiger partial charge in [0.25, 0.3) is 5.91 Å². The molecular formula is C25H20N2O4. The largest absolute Gasteiger partial charge is 0.467 e. The molecule has 0 N–H and O–H groups in total. The van der Waals surface area contributed by atoms with Gasteiger partial charge in [-0.2, -0.15) is 5.26 Å². The van der Waals surface area contributed by atoms with Gasteiger partial charge in [0.15, 0.2) is 6.61 Å². The number of hydrogen-bond acceptors (Lipinski definition) is 5. The summed E-state index contributed by atoms with van der Waals surface area (Å²) in [5.74, 6) is -0.346. The molecule has 0 unspecified atom stereocenters. The van der Waals surface area contributed by atoms with Gasteiger partial charge in [0, 0.05) is 6.54 Å². The summed E-state index contributed by atoms with van der Waals surface area (Å²) in [6.07, 6.45) is 1.70. The zero-order valence-electron chi connectivity index (χ0n) is 16.8. The van der Waals surface area contributed by atoms with Crippen LogP contribution in [0.15, 0.2) is 77.4 Å². The number of rotatable bonds is 7. The molecule has 1 amide bonds. The minimum Gasteiger partial charge on any atom is -0.467 e. The zero-order valence-corrected chi connectivity index (χ0v) is 16.8. The number of furan rings is 1. The van der Waals surface area contributed by atoms with Crippen molar-refractivity contribution in [2.24, 2.45) is 0 Å². The molecule has 0 spiro atoms. The second-order valence-corrected chi connectivity index (χ2v) is 7.07. The first-order valence-electron chi connectivity index (χ1n) is 9.92. The van der Waals surface area contributed by atoms with E-state index in [0.717, 1.165) is 21.5 Å². The first-order chi connectivity index (χ1) is 15.2. The second-order valence-electron chi connectivity index (χ2n) is 7.07. The van der Waals surface area contributed by atoms with Gasteiger partial charge in [-0.05, 0) is 39.7 Å². The SMILES string of the molecule is N#CCCN(Cc1ccco1)C(=O)COC(=O)c1c2ccccc2cc2ccccc12. The number of hydrogen-bond donors (Lipinski definition) is 0. The van der Waals surface area contributed by atoms with Crippen molar-refractivity contribution in [2.75, 3.05) is 13.2 Å². The predicted molar refractivity (Wildman–Crippen MR) is 116 cm³/mol. The summed E-state index contributed by atoms with van der Waals surface area (Å²) in [5.41, 5.74) is 0.441. The molecule has 1 aromatic heterocycles. The highest BCUT2D eigenvalue weighted by atomic mass is 16.5. The topological polar surface area (TPSA) is 83.5 Å². The van der Waals surface area contributed by atoms with Crippen LogP contribution in [0.4, 0.5) is 0 Å². The Hall–Kier alpha value is -4.11. The fourth-order valence-electron chi connectivity index (χ4n) is 3.59. The van der Waals surface area contributed by atoms with E-state index in [9.17, 15) is 9.59 Å². The van der Waals surface area contributed by atoms with E-state index in [1.165, 1.54) is 11.2 Å². The molecule has 4 rings (SSSR count). The highest BCUT2D eigenvalue weighted by molar-refractivity contribution is 6.16. The Kier molecular flexibility index (Phi) is 5.95. The first kappa shape index (κ1) is 20.2. The number of carbonyl (C=O) groups is 2. The van der Waals surface area contributed by atoms with Crippen LogP contribution in [0.5, 0.6) is 0 Å². The van der Waals surface area contributed by atoms with E-state index in [4.69, 9.17) is 14.4 Å². The third kappa shape index (κ3) is 4.41. The summed E-state index contributed by atoms with van der Waals surface area (Å²) >= 11 is 0. The Labute approximate surface area is 179 Å². The molecule has 0 saturated heterocycles. The van der Waals surface area contributed by atoms with Gasteiger partial charge in [0.05, 0.1) is 30.9 Å². The molecule has 6 heteroatoms. The Morgan fingerprint density at radius 3 is 2.26 bits per heavy atom. The van der Waals surface area contributed by atoms with E-state index >= 15 is 0 Å². The molecule has 0 bridgehead atoms. The van der Waals surface area contributed by atoms with Crippen LogP contribution in [-0.4, -0.2) is 29.9 Å². The lowest BCUT2D eigenvalue weighted by atomic mass is 9.97. The summed E-state index contributed by atoms with van der Waals surface area (Å²) in [5, 5.41) is 12.3. The highest BCUT2D eigenvalue weighted by Crippen LogP contribution is 2.29. The molecule has 0 atom stereocenters. The maximum absolute atomic E-state index is 13.1. The maximum atomic E-state index is 13.1. The van der Waals surface area contributed by atoms with Gasteiger partial charge in [-0.3, -0.25) is 4.79 Å². The number of amides is 1. The summed E-state index contributed by atoms with van der Waals surface area (Å²) < 4.78 is 10.7. The lowest BCUT2D eigenvalue weighted by Crippen LogP contribution is -2.35. The number of fused-ring (bicyclic) bond motifs is 2. The molecule has 0 radical (unpaired) electrons. The van der Waals surface area contributed by atoms with E-state index in [-0.39, 0.29) is 25.4 Å². The molecule has 0 aliphatic heterocycles. The average Bonchev–Trinajstić information content (AvgIpc) is 3.31. The van der Waals surface area contributed by atoms with Crippen LogP contribution in [-0.2, 0) is 16.1 Å². The lowest BCUT2D eigenvalue weighted by molar-refractivity contribution is -0.135. The van der Waals surface area contributed by atoms with Crippen LogP contribution < -0.4 is 0 Å². The van der Waals surface area contributed by atoms with Crippen molar-refractivity contribution in [3.05, 3.63) is 84.3 Å². The summed E-state index contributed by atoms with van der Waals surface area (Å²) in [4.78, 5) is 27.3. The Balaban J connectivity index is 1.57. The average molecular weight is 412 g/mol. The fraction of sp³-hybridized carbons (Fsp3) is 0.160. The predicted octanol–water partition coefficient (Wildman–Crippen LogP) is 4.69. The van der Waals surface area contributed by atoms with Gasteiger partial charge in [-0.15, -0.1) is 0 Å². The molecule has 0 aliphatic carbocycles. The molecule has 4 aromatic rings. The molecule has 0 aliphatic rings. The second kappa shape index (κ2) is 9.14. The van der Waals surface area contributed by atoms with Crippen molar-refractivity contribution in [2.45, 2.75) is 13.0 Å². The van der Waals surface area contributed by atoms with Crippen molar-refractivity contribution in [1.29, 1.82) is 5.26 Å². The Morgan fingerprint density at radius 2 is 1.65 bits per heavy atom. The maximum Gasteiger partial charge on any atom is 0.339 e. The molecule has 3 aromatic carbocycles. The molecule has 154 valence electrons. The van der Waals surface area contributed by atoms with E-state index < -0.39 is 12.6 Å². The number of nitrogens with zero attached hydrogens (tertiary/aromatic N) is 2. The van der Waals surface area contributed by atoms with Crippen LogP contribution in [0.2, 0.25) is 0 Å². The zero-order chi connectivity index (χ0) is 21.6. The summed E-state index contributed by atoms with van der Waals surface area (Å²) in [7, 11) is 0. The van der Waals surface area contributed by atoms with Crippen LogP contribution in [0.1, 0.15) is 22.5 Å². The van der Waals surface area contributed by atoms with Gasteiger partial charge in [0.1, 0.15) is 5.76 Å². The number of carbonyl (C=O) groups excluding carboxylic acids is 2. The monoisotopic (exact) mass is 412 g/mol. The quantitative estimate of drug-likeness (QED) is 0.325. The molecule has 0 fully saturated rings. The minimum atomic E-state index is -0.556. The van der Waals surface area contributed by atoms with Crippen molar-refractivity contribution >= 4 is 33.4 Å². The van der Waals surface area contributed by atoms with E-state index in [0.29, 0.717) is 11.3 Å². The third-order valence-electron chi connectivity index (χ3n) is 5.08. The minimum absolute atomic E-state index is 0.175.